The smallest absolute Gasteiger partial charge is 0.409 e. The third kappa shape index (κ3) is 6.18. The molecule has 1 amide bonds. The van der Waals surface area contributed by atoms with Crippen LogP contribution in [0.15, 0.2) is 29.3 Å². The van der Waals surface area contributed by atoms with Crippen molar-refractivity contribution in [2.24, 2.45) is 10.7 Å². The van der Waals surface area contributed by atoms with Crippen LogP contribution in [0.3, 0.4) is 0 Å². The summed E-state index contributed by atoms with van der Waals surface area (Å²) in [6.45, 7) is 6.24. The molecular formula is C17H27IN4O2. The number of halogens is 1. The molecule has 6 nitrogen and oxygen atoms in total. The second kappa shape index (κ2) is 10.4. The van der Waals surface area contributed by atoms with Crippen LogP contribution in [0, 0.1) is 6.92 Å². The summed E-state index contributed by atoms with van der Waals surface area (Å²) in [5.41, 5.74) is 8.37. The number of piperidine rings is 1. The topological polar surface area (TPSA) is 80.0 Å². The molecule has 1 fully saturated rings. The Bertz CT molecular complexity index is 557. The molecule has 0 spiro atoms. The Morgan fingerprint density at radius 2 is 2.04 bits per heavy atom. The van der Waals surface area contributed by atoms with E-state index in [1.807, 2.05) is 19.1 Å². The molecule has 0 unspecified atom stereocenters. The van der Waals surface area contributed by atoms with Crippen LogP contribution in [0.25, 0.3) is 0 Å². The maximum absolute atomic E-state index is 11.7. The highest BCUT2D eigenvalue weighted by Crippen LogP contribution is 2.12. The lowest BCUT2D eigenvalue weighted by molar-refractivity contribution is 0.0963. The average molecular weight is 446 g/mol. The summed E-state index contributed by atoms with van der Waals surface area (Å²) >= 11 is 0. The van der Waals surface area contributed by atoms with Gasteiger partial charge in [-0.3, -0.25) is 0 Å². The molecule has 0 atom stereocenters. The predicted octanol–water partition coefficient (Wildman–Crippen LogP) is 2.64. The van der Waals surface area contributed by atoms with Gasteiger partial charge in [-0.2, -0.15) is 0 Å². The van der Waals surface area contributed by atoms with Crippen LogP contribution in [-0.4, -0.2) is 42.7 Å². The Labute approximate surface area is 160 Å². The van der Waals surface area contributed by atoms with Gasteiger partial charge in [0.2, 0.25) is 0 Å². The number of aryl methyl sites for hydroxylation is 1. The average Bonchev–Trinajstić information content (AvgIpc) is 2.55. The monoisotopic (exact) mass is 446 g/mol. The molecule has 0 radical (unpaired) electrons. The molecule has 1 aliphatic rings. The van der Waals surface area contributed by atoms with Crippen molar-refractivity contribution in [3.63, 3.8) is 0 Å². The number of rotatable bonds is 4. The van der Waals surface area contributed by atoms with Gasteiger partial charge in [0, 0.05) is 19.1 Å². The highest BCUT2D eigenvalue weighted by atomic mass is 127. The minimum absolute atomic E-state index is 0. The molecule has 2 rings (SSSR count). The summed E-state index contributed by atoms with van der Waals surface area (Å²) in [6.07, 6.45) is 1.46. The fraction of sp³-hybridized carbons (Fsp3) is 0.529. The fourth-order valence-corrected chi connectivity index (χ4v) is 2.63. The quantitative estimate of drug-likeness (QED) is 0.424. The van der Waals surface area contributed by atoms with E-state index in [4.69, 9.17) is 10.5 Å². The zero-order chi connectivity index (χ0) is 16.7. The van der Waals surface area contributed by atoms with Crippen molar-refractivity contribution in [2.75, 3.05) is 19.7 Å². The first-order valence-electron chi connectivity index (χ1n) is 8.12. The van der Waals surface area contributed by atoms with E-state index in [1.54, 1.807) is 4.90 Å². The van der Waals surface area contributed by atoms with Gasteiger partial charge < -0.3 is 20.7 Å². The second-order valence-electron chi connectivity index (χ2n) is 5.73. The molecular weight excluding hydrogens is 419 g/mol. The summed E-state index contributed by atoms with van der Waals surface area (Å²) in [7, 11) is 0. The molecule has 24 heavy (non-hydrogen) atoms. The number of likely N-dealkylation sites (tertiary alicyclic amines) is 1. The minimum Gasteiger partial charge on any atom is -0.450 e. The SMILES string of the molecule is CCOC(=O)N1CCC(NC(N)=NCc2ccccc2C)CC1.I. The largest absolute Gasteiger partial charge is 0.450 e. The van der Waals surface area contributed by atoms with Crippen molar-refractivity contribution in [2.45, 2.75) is 39.3 Å². The molecule has 3 N–H and O–H groups in total. The van der Waals surface area contributed by atoms with Gasteiger partial charge in [0.05, 0.1) is 13.2 Å². The van der Waals surface area contributed by atoms with E-state index in [9.17, 15) is 4.79 Å². The van der Waals surface area contributed by atoms with Gasteiger partial charge in [0.15, 0.2) is 5.96 Å². The first-order chi connectivity index (χ1) is 11.1. The van der Waals surface area contributed by atoms with Crippen LogP contribution in [0.4, 0.5) is 4.79 Å². The second-order valence-corrected chi connectivity index (χ2v) is 5.73. The summed E-state index contributed by atoms with van der Waals surface area (Å²) in [4.78, 5) is 17.8. The molecule has 1 saturated heterocycles. The minimum atomic E-state index is -0.229. The molecule has 1 heterocycles. The highest BCUT2D eigenvalue weighted by Gasteiger charge is 2.23. The van der Waals surface area contributed by atoms with Crippen LogP contribution in [0.5, 0.6) is 0 Å². The molecule has 1 aliphatic heterocycles. The zero-order valence-corrected chi connectivity index (χ0v) is 16.7. The van der Waals surface area contributed by atoms with E-state index in [-0.39, 0.29) is 36.1 Å². The first kappa shape index (κ1) is 20.5. The van der Waals surface area contributed by atoms with Crippen molar-refractivity contribution in [1.82, 2.24) is 10.2 Å². The van der Waals surface area contributed by atoms with Gasteiger partial charge in [-0.15, -0.1) is 24.0 Å². The summed E-state index contributed by atoms with van der Waals surface area (Å²) in [6, 6.07) is 8.40. The van der Waals surface area contributed by atoms with Gasteiger partial charge in [-0.05, 0) is 37.8 Å². The number of nitrogens with two attached hydrogens (primary N) is 1. The molecule has 1 aromatic carbocycles. The standard InChI is InChI=1S/C17H26N4O2.HI/c1-3-23-17(22)21-10-8-15(9-11-21)20-16(18)19-12-14-7-5-4-6-13(14)2;/h4-7,15H,3,8-12H2,1-2H3,(H3,18,19,20);1H. The number of ether oxygens (including phenoxy) is 1. The Morgan fingerprint density at radius 3 is 2.67 bits per heavy atom. The Kier molecular flexibility index (Phi) is 8.88. The number of hydrogen-bond acceptors (Lipinski definition) is 3. The molecule has 134 valence electrons. The fourth-order valence-electron chi connectivity index (χ4n) is 2.63. The van der Waals surface area contributed by atoms with Crippen LogP contribution < -0.4 is 11.1 Å². The number of carbonyl (C=O) groups is 1. The number of guanidine groups is 1. The van der Waals surface area contributed by atoms with E-state index in [1.165, 1.54) is 11.1 Å². The number of aliphatic imine (C=N–C) groups is 1. The summed E-state index contributed by atoms with van der Waals surface area (Å²) in [5, 5.41) is 3.25. The molecule has 0 aliphatic carbocycles. The van der Waals surface area contributed by atoms with Gasteiger partial charge in [-0.1, -0.05) is 24.3 Å². The number of nitrogens with one attached hydrogen (secondary N) is 1. The van der Waals surface area contributed by atoms with Crippen molar-refractivity contribution >= 4 is 36.0 Å². The van der Waals surface area contributed by atoms with E-state index in [0.717, 1.165) is 12.8 Å². The van der Waals surface area contributed by atoms with E-state index >= 15 is 0 Å². The van der Waals surface area contributed by atoms with Crippen molar-refractivity contribution in [3.05, 3.63) is 35.4 Å². The van der Waals surface area contributed by atoms with E-state index in [0.29, 0.717) is 32.2 Å². The van der Waals surface area contributed by atoms with Gasteiger partial charge in [0.1, 0.15) is 0 Å². The molecule has 0 saturated carbocycles. The molecule has 7 heteroatoms. The maximum Gasteiger partial charge on any atom is 0.409 e. The van der Waals surface area contributed by atoms with Crippen LogP contribution in [-0.2, 0) is 11.3 Å². The Balaban J connectivity index is 0.00000288. The van der Waals surface area contributed by atoms with Crippen molar-refractivity contribution < 1.29 is 9.53 Å². The molecule has 0 bridgehead atoms. The Morgan fingerprint density at radius 1 is 1.38 bits per heavy atom. The summed E-state index contributed by atoms with van der Waals surface area (Å²) in [5.74, 6) is 0.461. The number of benzene rings is 1. The van der Waals surface area contributed by atoms with Gasteiger partial charge >= 0.3 is 6.09 Å². The molecule has 0 aromatic heterocycles. The van der Waals surface area contributed by atoms with Crippen molar-refractivity contribution in [3.8, 4) is 0 Å². The lowest BCUT2D eigenvalue weighted by Crippen LogP contribution is -2.48. The Hall–Kier alpha value is -1.51. The van der Waals surface area contributed by atoms with Crippen LogP contribution >= 0.6 is 24.0 Å². The third-order valence-corrected chi connectivity index (χ3v) is 4.05. The first-order valence-corrected chi connectivity index (χ1v) is 8.12. The lowest BCUT2D eigenvalue weighted by Gasteiger charge is -2.31. The summed E-state index contributed by atoms with van der Waals surface area (Å²) < 4.78 is 5.01. The number of nitrogens with zero attached hydrogens (tertiary/aromatic N) is 2. The van der Waals surface area contributed by atoms with Gasteiger partial charge in [0.25, 0.3) is 0 Å². The number of amides is 1. The number of carbonyl (C=O) groups excluding carboxylic acids is 1. The maximum atomic E-state index is 11.7. The predicted molar refractivity (Wildman–Crippen MR) is 107 cm³/mol. The van der Waals surface area contributed by atoms with Gasteiger partial charge in [-0.25, -0.2) is 9.79 Å². The highest BCUT2D eigenvalue weighted by molar-refractivity contribution is 14.0. The number of hydrogen-bond donors (Lipinski definition) is 2. The third-order valence-electron chi connectivity index (χ3n) is 4.05. The zero-order valence-electron chi connectivity index (χ0n) is 14.3. The molecule has 1 aromatic rings. The van der Waals surface area contributed by atoms with E-state index in [2.05, 4.69) is 29.4 Å². The van der Waals surface area contributed by atoms with Crippen LogP contribution in [0.2, 0.25) is 0 Å². The van der Waals surface area contributed by atoms with Crippen molar-refractivity contribution in [1.29, 1.82) is 0 Å². The normalized spacial score (nSPS) is 15.6. The van der Waals surface area contributed by atoms with E-state index < -0.39 is 0 Å². The lowest BCUT2D eigenvalue weighted by atomic mass is 10.1. The van der Waals surface area contributed by atoms with Crippen LogP contribution in [0.1, 0.15) is 30.9 Å².